The molecule has 0 bridgehead atoms. The molecule has 0 aliphatic carbocycles. The zero-order chi connectivity index (χ0) is 12.0. The van der Waals surface area contributed by atoms with Gasteiger partial charge in [0.25, 0.3) is 0 Å². The number of rotatable bonds is 7. The van der Waals surface area contributed by atoms with Crippen molar-refractivity contribution in [3.05, 3.63) is 0 Å². The Kier molecular flexibility index (Phi) is 7.20. The molecule has 0 aliphatic rings. The van der Waals surface area contributed by atoms with E-state index in [1.54, 1.807) is 14.2 Å². The van der Waals surface area contributed by atoms with Gasteiger partial charge < -0.3 is 9.47 Å². The second kappa shape index (κ2) is 7.24. The summed E-state index contributed by atoms with van der Waals surface area (Å²) in [6.07, 6.45) is 1.10. The van der Waals surface area contributed by atoms with Crippen LogP contribution in [0.2, 0.25) is 0 Å². The van der Waals surface area contributed by atoms with Crippen LogP contribution in [0.1, 0.15) is 41.0 Å². The summed E-state index contributed by atoms with van der Waals surface area (Å²) in [5.74, 6) is 2.64. The SMILES string of the molecule is COC(OC)C(C)CC(C(C)C)C(C)C. The van der Waals surface area contributed by atoms with Crippen molar-refractivity contribution in [1.29, 1.82) is 0 Å². The zero-order valence-corrected chi connectivity index (χ0v) is 11.4. The van der Waals surface area contributed by atoms with Gasteiger partial charge in [-0.2, -0.15) is 0 Å². The predicted molar refractivity (Wildman–Crippen MR) is 64.8 cm³/mol. The van der Waals surface area contributed by atoms with Crippen LogP contribution in [0.4, 0.5) is 0 Å². The zero-order valence-electron chi connectivity index (χ0n) is 11.4. The monoisotopic (exact) mass is 216 g/mol. The van der Waals surface area contributed by atoms with Crippen molar-refractivity contribution in [3.8, 4) is 0 Å². The molecule has 0 aliphatic heterocycles. The molecule has 0 radical (unpaired) electrons. The fraction of sp³-hybridized carbons (Fsp3) is 1.00. The molecule has 2 heteroatoms. The van der Waals surface area contributed by atoms with Gasteiger partial charge in [0.05, 0.1) is 0 Å². The minimum atomic E-state index is -0.0648. The molecule has 0 N–H and O–H groups in total. The topological polar surface area (TPSA) is 18.5 Å². The van der Waals surface area contributed by atoms with Gasteiger partial charge in [0.15, 0.2) is 6.29 Å². The smallest absolute Gasteiger partial charge is 0.159 e. The van der Waals surface area contributed by atoms with Gasteiger partial charge in [-0.05, 0) is 24.2 Å². The predicted octanol–water partition coefficient (Wildman–Crippen LogP) is 3.56. The minimum absolute atomic E-state index is 0.0648. The molecule has 15 heavy (non-hydrogen) atoms. The van der Waals surface area contributed by atoms with Crippen molar-refractivity contribution in [2.45, 2.75) is 47.3 Å². The van der Waals surface area contributed by atoms with Gasteiger partial charge in [-0.25, -0.2) is 0 Å². The fourth-order valence-corrected chi connectivity index (χ4v) is 2.42. The first kappa shape index (κ1) is 14.9. The van der Waals surface area contributed by atoms with Crippen LogP contribution in [0.15, 0.2) is 0 Å². The lowest BCUT2D eigenvalue weighted by atomic mass is 9.79. The average Bonchev–Trinajstić information content (AvgIpc) is 2.15. The molecular formula is C13H28O2. The van der Waals surface area contributed by atoms with E-state index < -0.39 is 0 Å². The Hall–Kier alpha value is -0.0800. The third-order valence-electron chi connectivity index (χ3n) is 3.29. The van der Waals surface area contributed by atoms with E-state index in [0.29, 0.717) is 5.92 Å². The highest BCUT2D eigenvalue weighted by molar-refractivity contribution is 4.71. The van der Waals surface area contributed by atoms with Crippen LogP contribution in [0.5, 0.6) is 0 Å². The van der Waals surface area contributed by atoms with Crippen molar-refractivity contribution < 1.29 is 9.47 Å². The van der Waals surface area contributed by atoms with Gasteiger partial charge in [0, 0.05) is 20.1 Å². The normalized spacial score (nSPS) is 14.6. The van der Waals surface area contributed by atoms with E-state index >= 15 is 0 Å². The van der Waals surface area contributed by atoms with Gasteiger partial charge in [0.2, 0.25) is 0 Å². The lowest BCUT2D eigenvalue weighted by Crippen LogP contribution is -2.27. The highest BCUT2D eigenvalue weighted by Gasteiger charge is 2.24. The summed E-state index contributed by atoms with van der Waals surface area (Å²) in [6.45, 7) is 11.4. The molecule has 0 spiro atoms. The summed E-state index contributed by atoms with van der Waals surface area (Å²) >= 11 is 0. The molecular weight excluding hydrogens is 188 g/mol. The summed E-state index contributed by atoms with van der Waals surface area (Å²) in [5, 5.41) is 0. The molecule has 0 aromatic rings. The summed E-state index contributed by atoms with van der Waals surface area (Å²) < 4.78 is 10.6. The fourth-order valence-electron chi connectivity index (χ4n) is 2.42. The van der Waals surface area contributed by atoms with Crippen LogP contribution in [0.25, 0.3) is 0 Å². The Morgan fingerprint density at radius 1 is 0.800 bits per heavy atom. The van der Waals surface area contributed by atoms with Crippen LogP contribution in [0, 0.1) is 23.7 Å². The summed E-state index contributed by atoms with van der Waals surface area (Å²) in [7, 11) is 3.43. The van der Waals surface area contributed by atoms with Crippen molar-refractivity contribution in [1.82, 2.24) is 0 Å². The first-order chi connectivity index (χ1) is 6.93. The molecule has 0 saturated heterocycles. The molecule has 1 atom stereocenters. The molecule has 0 aromatic carbocycles. The van der Waals surface area contributed by atoms with E-state index in [2.05, 4.69) is 34.6 Å². The Balaban J connectivity index is 4.27. The van der Waals surface area contributed by atoms with Crippen LogP contribution < -0.4 is 0 Å². The highest BCUT2D eigenvalue weighted by Crippen LogP contribution is 2.29. The molecule has 2 nitrogen and oxygen atoms in total. The van der Waals surface area contributed by atoms with Gasteiger partial charge in [-0.1, -0.05) is 34.6 Å². The van der Waals surface area contributed by atoms with E-state index in [1.807, 2.05) is 0 Å². The van der Waals surface area contributed by atoms with Crippen molar-refractivity contribution in [3.63, 3.8) is 0 Å². The van der Waals surface area contributed by atoms with Crippen LogP contribution in [0.3, 0.4) is 0 Å². The Morgan fingerprint density at radius 2 is 1.20 bits per heavy atom. The Labute approximate surface area is 95.3 Å². The van der Waals surface area contributed by atoms with E-state index in [1.165, 1.54) is 6.42 Å². The standard InChI is InChI=1S/C13H28O2/c1-9(2)12(10(3)4)8-11(5)13(14-6)15-7/h9-13H,8H2,1-7H3. The lowest BCUT2D eigenvalue weighted by Gasteiger charge is -2.30. The molecule has 0 amide bonds. The van der Waals surface area contributed by atoms with Crippen molar-refractivity contribution in [2.75, 3.05) is 14.2 Å². The van der Waals surface area contributed by atoms with E-state index in [9.17, 15) is 0 Å². The summed E-state index contributed by atoms with van der Waals surface area (Å²) in [5.41, 5.74) is 0. The molecule has 0 rings (SSSR count). The number of hydrogen-bond acceptors (Lipinski definition) is 2. The van der Waals surface area contributed by atoms with E-state index in [4.69, 9.17) is 9.47 Å². The second-order valence-corrected chi connectivity index (χ2v) is 5.20. The maximum Gasteiger partial charge on any atom is 0.159 e. The van der Waals surface area contributed by atoms with Gasteiger partial charge >= 0.3 is 0 Å². The number of methoxy groups -OCH3 is 2. The molecule has 92 valence electrons. The highest BCUT2D eigenvalue weighted by atomic mass is 16.7. The van der Waals surface area contributed by atoms with E-state index in [-0.39, 0.29) is 6.29 Å². The van der Waals surface area contributed by atoms with Gasteiger partial charge in [0.1, 0.15) is 0 Å². The van der Waals surface area contributed by atoms with Crippen molar-refractivity contribution >= 4 is 0 Å². The molecule has 0 fully saturated rings. The summed E-state index contributed by atoms with van der Waals surface area (Å²) in [6, 6.07) is 0. The third-order valence-corrected chi connectivity index (χ3v) is 3.29. The maximum absolute atomic E-state index is 5.30. The van der Waals surface area contributed by atoms with Crippen molar-refractivity contribution in [2.24, 2.45) is 23.7 Å². The Bertz CT molecular complexity index is 143. The summed E-state index contributed by atoms with van der Waals surface area (Å²) in [4.78, 5) is 0. The molecule has 1 unspecified atom stereocenters. The van der Waals surface area contributed by atoms with Crippen LogP contribution in [-0.4, -0.2) is 20.5 Å². The van der Waals surface area contributed by atoms with Crippen LogP contribution >= 0.6 is 0 Å². The second-order valence-electron chi connectivity index (χ2n) is 5.20. The first-order valence-corrected chi connectivity index (χ1v) is 5.99. The van der Waals surface area contributed by atoms with Crippen LogP contribution in [-0.2, 0) is 9.47 Å². The first-order valence-electron chi connectivity index (χ1n) is 5.99. The molecule has 0 aromatic heterocycles. The minimum Gasteiger partial charge on any atom is -0.356 e. The Morgan fingerprint density at radius 3 is 1.47 bits per heavy atom. The maximum atomic E-state index is 5.30. The molecule has 0 heterocycles. The number of hydrogen-bond donors (Lipinski definition) is 0. The molecule has 0 saturated carbocycles. The van der Waals surface area contributed by atoms with Gasteiger partial charge in [-0.15, -0.1) is 0 Å². The number of ether oxygens (including phenoxy) is 2. The largest absolute Gasteiger partial charge is 0.356 e. The van der Waals surface area contributed by atoms with Gasteiger partial charge in [-0.3, -0.25) is 0 Å². The third kappa shape index (κ3) is 4.98. The quantitative estimate of drug-likeness (QED) is 0.606. The van der Waals surface area contributed by atoms with E-state index in [0.717, 1.165) is 17.8 Å². The lowest BCUT2D eigenvalue weighted by molar-refractivity contribution is -0.138. The average molecular weight is 216 g/mol.